The number of rotatable bonds is 2. The molecule has 0 amide bonds. The molecular formula is C10H9N3O. The molecule has 0 unspecified atom stereocenters. The zero-order valence-corrected chi connectivity index (χ0v) is 7.44. The summed E-state index contributed by atoms with van der Waals surface area (Å²) in [5, 5.41) is 26.7. The van der Waals surface area contributed by atoms with Gasteiger partial charge in [0.2, 0.25) is 0 Å². The van der Waals surface area contributed by atoms with E-state index in [2.05, 4.69) is 0 Å². The van der Waals surface area contributed by atoms with Crippen LogP contribution in [0, 0.1) is 22.7 Å². The SMILES string of the molecule is N#CC[C@@H](N)c1cccc(C#N)c1O. The van der Waals surface area contributed by atoms with Crippen molar-refractivity contribution >= 4 is 0 Å². The van der Waals surface area contributed by atoms with Gasteiger partial charge < -0.3 is 10.8 Å². The second-order valence-corrected chi connectivity index (χ2v) is 2.82. The Morgan fingerprint density at radius 3 is 2.71 bits per heavy atom. The largest absolute Gasteiger partial charge is 0.506 e. The average molecular weight is 187 g/mol. The molecule has 1 aromatic carbocycles. The third-order valence-corrected chi connectivity index (χ3v) is 1.90. The fraction of sp³-hybridized carbons (Fsp3) is 0.200. The fourth-order valence-electron chi connectivity index (χ4n) is 1.16. The van der Waals surface area contributed by atoms with Crippen molar-refractivity contribution in [3.63, 3.8) is 0 Å². The van der Waals surface area contributed by atoms with E-state index in [0.29, 0.717) is 5.56 Å². The van der Waals surface area contributed by atoms with E-state index >= 15 is 0 Å². The summed E-state index contributed by atoms with van der Waals surface area (Å²) in [6.07, 6.45) is 0.114. The first-order valence-electron chi connectivity index (χ1n) is 4.05. The van der Waals surface area contributed by atoms with Gasteiger partial charge in [-0.2, -0.15) is 10.5 Å². The molecule has 0 saturated carbocycles. The van der Waals surface area contributed by atoms with Crippen molar-refractivity contribution in [2.45, 2.75) is 12.5 Å². The molecule has 0 aliphatic heterocycles. The molecule has 1 atom stereocenters. The minimum absolute atomic E-state index is 0.114. The third kappa shape index (κ3) is 1.82. The Balaban J connectivity index is 3.12. The van der Waals surface area contributed by atoms with Gasteiger partial charge in [-0.3, -0.25) is 0 Å². The summed E-state index contributed by atoms with van der Waals surface area (Å²) in [4.78, 5) is 0. The topological polar surface area (TPSA) is 93.8 Å². The lowest BCUT2D eigenvalue weighted by atomic mass is 10.0. The number of nitrogens with two attached hydrogens (primary N) is 1. The second-order valence-electron chi connectivity index (χ2n) is 2.82. The van der Waals surface area contributed by atoms with Crippen LogP contribution in [0.2, 0.25) is 0 Å². The Bertz CT molecular complexity index is 414. The zero-order chi connectivity index (χ0) is 10.6. The summed E-state index contributed by atoms with van der Waals surface area (Å²) in [5.74, 6) is -0.127. The van der Waals surface area contributed by atoms with Crippen molar-refractivity contribution in [2.24, 2.45) is 5.73 Å². The molecule has 1 aromatic rings. The van der Waals surface area contributed by atoms with Crippen LogP contribution in [0.4, 0.5) is 0 Å². The Morgan fingerprint density at radius 2 is 2.14 bits per heavy atom. The molecule has 0 aliphatic rings. The lowest BCUT2D eigenvalue weighted by Gasteiger charge is -2.10. The Labute approximate surface area is 81.8 Å². The van der Waals surface area contributed by atoms with Gasteiger partial charge in [0.05, 0.1) is 18.1 Å². The van der Waals surface area contributed by atoms with Gasteiger partial charge in [-0.15, -0.1) is 0 Å². The highest BCUT2D eigenvalue weighted by molar-refractivity contribution is 5.48. The van der Waals surface area contributed by atoms with E-state index in [0.717, 1.165) is 0 Å². The van der Waals surface area contributed by atoms with Crippen LogP contribution in [-0.2, 0) is 0 Å². The standard InChI is InChI=1S/C10H9N3O/c11-5-4-9(13)8-3-1-2-7(6-12)10(8)14/h1-3,9,14H,4,13H2/t9-/m1/s1. The van der Waals surface area contributed by atoms with Crippen LogP contribution in [0.25, 0.3) is 0 Å². The molecule has 0 aromatic heterocycles. The second kappa shape index (κ2) is 4.27. The molecule has 70 valence electrons. The summed E-state index contributed by atoms with van der Waals surface area (Å²) in [7, 11) is 0. The van der Waals surface area contributed by atoms with E-state index in [9.17, 15) is 5.11 Å². The maximum Gasteiger partial charge on any atom is 0.138 e. The normalized spacial score (nSPS) is 11.4. The number of phenols is 1. The smallest absolute Gasteiger partial charge is 0.138 e. The van der Waals surface area contributed by atoms with E-state index in [4.69, 9.17) is 16.3 Å². The van der Waals surface area contributed by atoms with Gasteiger partial charge in [-0.1, -0.05) is 12.1 Å². The number of hydrogen-bond acceptors (Lipinski definition) is 4. The number of nitrogens with zero attached hydrogens (tertiary/aromatic N) is 2. The monoisotopic (exact) mass is 187 g/mol. The predicted octanol–water partition coefficient (Wildman–Crippen LogP) is 1.18. The summed E-state index contributed by atoms with van der Waals surface area (Å²) < 4.78 is 0. The van der Waals surface area contributed by atoms with Crippen LogP contribution in [0.15, 0.2) is 18.2 Å². The molecule has 4 nitrogen and oxygen atoms in total. The van der Waals surface area contributed by atoms with Gasteiger partial charge in [0.25, 0.3) is 0 Å². The molecule has 3 N–H and O–H groups in total. The number of benzene rings is 1. The van der Waals surface area contributed by atoms with Gasteiger partial charge in [0.1, 0.15) is 11.8 Å². The highest BCUT2D eigenvalue weighted by atomic mass is 16.3. The molecule has 0 saturated heterocycles. The molecule has 4 heteroatoms. The van der Waals surface area contributed by atoms with Crippen LogP contribution in [-0.4, -0.2) is 5.11 Å². The minimum Gasteiger partial charge on any atom is -0.506 e. The maximum absolute atomic E-state index is 9.57. The molecule has 0 radical (unpaired) electrons. The molecule has 1 rings (SSSR count). The lowest BCUT2D eigenvalue weighted by molar-refractivity contribution is 0.460. The van der Waals surface area contributed by atoms with Crippen LogP contribution < -0.4 is 5.73 Å². The maximum atomic E-state index is 9.57. The fourth-order valence-corrected chi connectivity index (χ4v) is 1.16. The molecule has 0 spiro atoms. The number of hydrogen-bond donors (Lipinski definition) is 2. The first-order valence-corrected chi connectivity index (χ1v) is 4.05. The van der Waals surface area contributed by atoms with Crippen LogP contribution in [0.5, 0.6) is 5.75 Å². The number of phenolic OH excluding ortho intramolecular Hbond substituents is 1. The third-order valence-electron chi connectivity index (χ3n) is 1.90. The first-order chi connectivity index (χ1) is 6.70. The highest BCUT2D eigenvalue weighted by Crippen LogP contribution is 2.27. The van der Waals surface area contributed by atoms with Crippen molar-refractivity contribution in [1.29, 1.82) is 10.5 Å². The molecule has 14 heavy (non-hydrogen) atoms. The zero-order valence-electron chi connectivity index (χ0n) is 7.44. The quantitative estimate of drug-likeness (QED) is 0.726. The Hall–Kier alpha value is -2.04. The number of para-hydroxylation sites is 1. The summed E-state index contributed by atoms with van der Waals surface area (Å²) in [6.45, 7) is 0. The lowest BCUT2D eigenvalue weighted by Crippen LogP contribution is -2.09. The first kappa shape index (κ1) is 10.0. The van der Waals surface area contributed by atoms with Crippen molar-refractivity contribution in [3.8, 4) is 17.9 Å². The van der Waals surface area contributed by atoms with Crippen molar-refractivity contribution in [3.05, 3.63) is 29.3 Å². The van der Waals surface area contributed by atoms with Gasteiger partial charge in [0, 0.05) is 11.6 Å². The summed E-state index contributed by atoms with van der Waals surface area (Å²) in [5.41, 5.74) is 6.25. The molecule has 0 fully saturated rings. The van der Waals surface area contributed by atoms with Gasteiger partial charge in [-0.05, 0) is 6.07 Å². The van der Waals surface area contributed by atoms with Gasteiger partial charge >= 0.3 is 0 Å². The van der Waals surface area contributed by atoms with E-state index in [1.807, 2.05) is 12.1 Å². The van der Waals surface area contributed by atoms with E-state index in [-0.39, 0.29) is 17.7 Å². The van der Waals surface area contributed by atoms with Crippen molar-refractivity contribution in [1.82, 2.24) is 0 Å². The molecule has 0 heterocycles. The van der Waals surface area contributed by atoms with E-state index < -0.39 is 6.04 Å². The van der Waals surface area contributed by atoms with Gasteiger partial charge in [0.15, 0.2) is 0 Å². The van der Waals surface area contributed by atoms with Crippen LogP contribution >= 0.6 is 0 Å². The highest BCUT2D eigenvalue weighted by Gasteiger charge is 2.12. The average Bonchev–Trinajstić information content (AvgIpc) is 2.18. The number of nitriles is 2. The minimum atomic E-state index is -0.548. The molecule has 0 aliphatic carbocycles. The van der Waals surface area contributed by atoms with Crippen LogP contribution in [0.3, 0.4) is 0 Å². The molecule has 0 bridgehead atoms. The predicted molar refractivity (Wildman–Crippen MR) is 50.0 cm³/mol. The van der Waals surface area contributed by atoms with E-state index in [1.165, 1.54) is 6.07 Å². The van der Waals surface area contributed by atoms with Crippen molar-refractivity contribution in [2.75, 3.05) is 0 Å². The Morgan fingerprint density at radius 1 is 1.43 bits per heavy atom. The van der Waals surface area contributed by atoms with Gasteiger partial charge in [-0.25, -0.2) is 0 Å². The Kier molecular flexibility index (Phi) is 3.06. The molecular weight excluding hydrogens is 178 g/mol. The van der Waals surface area contributed by atoms with E-state index in [1.54, 1.807) is 12.1 Å². The van der Waals surface area contributed by atoms with Crippen LogP contribution in [0.1, 0.15) is 23.6 Å². The summed E-state index contributed by atoms with van der Waals surface area (Å²) >= 11 is 0. The van der Waals surface area contributed by atoms with Crippen molar-refractivity contribution < 1.29 is 5.11 Å². The summed E-state index contributed by atoms with van der Waals surface area (Å²) in [6, 6.07) is 7.94. The number of aromatic hydroxyl groups is 1.